The van der Waals surface area contributed by atoms with Crippen LogP contribution in [0.25, 0.3) is 21.6 Å². The standard InChI is InChI=1S/C14H11Cl2N3S/c1-6-4-9-11(10(15)5-6)18-14(19-13(9)16)12-7(2)17-8(3)20-12/h4-5H,1-3H3. The summed E-state index contributed by atoms with van der Waals surface area (Å²) in [7, 11) is 0. The van der Waals surface area contributed by atoms with E-state index in [2.05, 4.69) is 15.0 Å². The maximum atomic E-state index is 6.29. The zero-order chi connectivity index (χ0) is 14.4. The summed E-state index contributed by atoms with van der Waals surface area (Å²) in [4.78, 5) is 14.3. The van der Waals surface area contributed by atoms with Gasteiger partial charge in [0, 0.05) is 5.39 Å². The molecule has 6 heteroatoms. The van der Waals surface area contributed by atoms with Crippen LogP contribution in [0.3, 0.4) is 0 Å². The summed E-state index contributed by atoms with van der Waals surface area (Å²) >= 11 is 14.1. The van der Waals surface area contributed by atoms with E-state index in [4.69, 9.17) is 23.2 Å². The Hall–Kier alpha value is -1.23. The lowest BCUT2D eigenvalue weighted by molar-refractivity contribution is 1.17. The third-order valence-electron chi connectivity index (χ3n) is 2.96. The van der Waals surface area contributed by atoms with E-state index >= 15 is 0 Å². The van der Waals surface area contributed by atoms with Gasteiger partial charge in [0.05, 0.1) is 26.1 Å². The van der Waals surface area contributed by atoms with Crippen LogP contribution < -0.4 is 0 Å². The Kier molecular flexibility index (Phi) is 3.40. The molecule has 1 aromatic carbocycles. The van der Waals surface area contributed by atoms with Gasteiger partial charge in [-0.1, -0.05) is 23.2 Å². The average molecular weight is 324 g/mol. The third-order valence-corrected chi connectivity index (χ3v) is 4.60. The molecule has 2 aromatic heterocycles. The molecule has 0 N–H and O–H groups in total. The van der Waals surface area contributed by atoms with Gasteiger partial charge >= 0.3 is 0 Å². The number of aromatic nitrogens is 3. The normalized spacial score (nSPS) is 11.2. The highest BCUT2D eigenvalue weighted by Gasteiger charge is 2.15. The van der Waals surface area contributed by atoms with Gasteiger partial charge in [0.15, 0.2) is 5.82 Å². The van der Waals surface area contributed by atoms with E-state index in [-0.39, 0.29) is 0 Å². The predicted molar refractivity (Wildman–Crippen MR) is 84.9 cm³/mol. The van der Waals surface area contributed by atoms with Crippen LogP contribution in [0.15, 0.2) is 12.1 Å². The van der Waals surface area contributed by atoms with Crippen molar-refractivity contribution in [2.45, 2.75) is 20.8 Å². The Morgan fingerprint density at radius 2 is 1.75 bits per heavy atom. The summed E-state index contributed by atoms with van der Waals surface area (Å²) in [5, 5.41) is 2.76. The molecule has 3 rings (SSSR count). The van der Waals surface area contributed by atoms with Crippen LogP contribution in [0.2, 0.25) is 10.2 Å². The third kappa shape index (κ3) is 2.28. The van der Waals surface area contributed by atoms with Crippen molar-refractivity contribution >= 4 is 45.4 Å². The number of hydrogen-bond donors (Lipinski definition) is 0. The van der Waals surface area contributed by atoms with Gasteiger partial charge in [-0.2, -0.15) is 0 Å². The van der Waals surface area contributed by atoms with Crippen LogP contribution in [0.4, 0.5) is 0 Å². The van der Waals surface area contributed by atoms with Crippen molar-refractivity contribution in [3.05, 3.63) is 38.6 Å². The second kappa shape index (κ2) is 4.95. The highest BCUT2D eigenvalue weighted by atomic mass is 35.5. The number of fused-ring (bicyclic) bond motifs is 1. The molecule has 3 nitrogen and oxygen atoms in total. The number of halogens is 2. The second-order valence-corrected chi connectivity index (χ2v) is 6.60. The highest BCUT2D eigenvalue weighted by Crippen LogP contribution is 2.33. The van der Waals surface area contributed by atoms with Gasteiger partial charge in [-0.25, -0.2) is 15.0 Å². The van der Waals surface area contributed by atoms with Gasteiger partial charge in [0.1, 0.15) is 5.15 Å². The molecule has 102 valence electrons. The van der Waals surface area contributed by atoms with E-state index in [0.717, 1.165) is 26.5 Å². The molecule has 3 aromatic rings. The minimum atomic E-state index is 0.418. The largest absolute Gasteiger partial charge is 0.246 e. The minimum Gasteiger partial charge on any atom is -0.246 e. The molecule has 0 spiro atoms. The number of thiazole rings is 1. The lowest BCUT2D eigenvalue weighted by atomic mass is 10.1. The van der Waals surface area contributed by atoms with Crippen molar-refractivity contribution < 1.29 is 0 Å². The summed E-state index contributed by atoms with van der Waals surface area (Å²) in [5.41, 5.74) is 2.62. The monoisotopic (exact) mass is 323 g/mol. The first-order chi connectivity index (χ1) is 9.45. The zero-order valence-corrected chi connectivity index (χ0v) is 13.5. The minimum absolute atomic E-state index is 0.418. The van der Waals surface area contributed by atoms with Crippen LogP contribution in [0.5, 0.6) is 0 Å². The van der Waals surface area contributed by atoms with Crippen molar-refractivity contribution in [3.8, 4) is 10.7 Å². The van der Waals surface area contributed by atoms with Crippen molar-refractivity contribution in [2.24, 2.45) is 0 Å². The fraction of sp³-hybridized carbons (Fsp3) is 0.214. The van der Waals surface area contributed by atoms with Crippen molar-refractivity contribution in [1.29, 1.82) is 0 Å². The van der Waals surface area contributed by atoms with Gasteiger partial charge in [0.2, 0.25) is 0 Å². The van der Waals surface area contributed by atoms with Crippen molar-refractivity contribution in [2.75, 3.05) is 0 Å². The smallest absolute Gasteiger partial charge is 0.173 e. The molecule has 0 aliphatic rings. The molecule has 20 heavy (non-hydrogen) atoms. The van der Waals surface area contributed by atoms with Crippen molar-refractivity contribution in [1.82, 2.24) is 15.0 Å². The summed E-state index contributed by atoms with van der Waals surface area (Å²) in [5.74, 6) is 0.580. The molecule has 0 saturated heterocycles. The van der Waals surface area contributed by atoms with Gasteiger partial charge in [0.25, 0.3) is 0 Å². The van der Waals surface area contributed by atoms with E-state index < -0.39 is 0 Å². The van der Waals surface area contributed by atoms with Crippen LogP contribution in [-0.4, -0.2) is 15.0 Å². The Balaban J connectivity index is 2.32. The lowest BCUT2D eigenvalue weighted by Gasteiger charge is -2.06. The van der Waals surface area contributed by atoms with Crippen LogP contribution in [0.1, 0.15) is 16.3 Å². The van der Waals surface area contributed by atoms with Crippen LogP contribution >= 0.6 is 34.5 Å². The first kappa shape index (κ1) is 13.7. The first-order valence-electron chi connectivity index (χ1n) is 6.03. The average Bonchev–Trinajstić information content (AvgIpc) is 2.69. The number of rotatable bonds is 1. The van der Waals surface area contributed by atoms with E-state index in [9.17, 15) is 0 Å². The number of nitrogens with zero attached hydrogens (tertiary/aromatic N) is 3. The topological polar surface area (TPSA) is 38.7 Å². The van der Waals surface area contributed by atoms with Crippen LogP contribution in [-0.2, 0) is 0 Å². The predicted octanol–water partition coefficient (Wildman–Crippen LogP) is 4.99. The Bertz CT molecular complexity index is 827. The molecule has 0 aliphatic heterocycles. The SMILES string of the molecule is Cc1cc(Cl)c2nc(-c3sc(C)nc3C)nc(Cl)c2c1. The van der Waals surface area contributed by atoms with E-state index in [1.54, 1.807) is 11.3 Å². The van der Waals surface area contributed by atoms with Gasteiger partial charge < -0.3 is 0 Å². The molecular weight excluding hydrogens is 313 g/mol. The maximum Gasteiger partial charge on any atom is 0.173 e. The number of aryl methyl sites for hydroxylation is 3. The fourth-order valence-electron chi connectivity index (χ4n) is 2.13. The van der Waals surface area contributed by atoms with Gasteiger partial charge in [-0.15, -0.1) is 11.3 Å². The molecule has 0 unspecified atom stereocenters. The Morgan fingerprint density at radius 1 is 1.00 bits per heavy atom. The van der Waals surface area contributed by atoms with E-state index in [1.165, 1.54) is 0 Å². The molecule has 0 fully saturated rings. The second-order valence-electron chi connectivity index (χ2n) is 4.63. The molecule has 2 heterocycles. The molecule has 0 amide bonds. The van der Waals surface area contributed by atoms with E-state index in [1.807, 2.05) is 32.9 Å². The number of hydrogen-bond acceptors (Lipinski definition) is 4. The maximum absolute atomic E-state index is 6.29. The first-order valence-corrected chi connectivity index (χ1v) is 7.60. The molecule has 0 aliphatic carbocycles. The molecule has 0 saturated carbocycles. The molecular formula is C14H11Cl2N3S. The van der Waals surface area contributed by atoms with Gasteiger partial charge in [-0.3, -0.25) is 0 Å². The van der Waals surface area contributed by atoms with Crippen LogP contribution in [0, 0.1) is 20.8 Å². The molecule has 0 bridgehead atoms. The molecule has 0 atom stereocenters. The fourth-order valence-corrected chi connectivity index (χ4v) is 3.52. The lowest BCUT2D eigenvalue weighted by Crippen LogP contribution is -1.93. The summed E-state index contributed by atoms with van der Waals surface area (Å²) < 4.78 is 0. The Morgan fingerprint density at radius 3 is 2.40 bits per heavy atom. The van der Waals surface area contributed by atoms with E-state index in [0.29, 0.717) is 21.5 Å². The molecule has 0 radical (unpaired) electrons. The number of benzene rings is 1. The summed E-state index contributed by atoms with van der Waals surface area (Å²) in [6.07, 6.45) is 0. The quantitative estimate of drug-likeness (QED) is 0.592. The van der Waals surface area contributed by atoms with Crippen molar-refractivity contribution in [3.63, 3.8) is 0 Å². The zero-order valence-electron chi connectivity index (χ0n) is 11.2. The Labute approximate surface area is 130 Å². The summed E-state index contributed by atoms with van der Waals surface area (Å²) in [6, 6.07) is 3.82. The van der Waals surface area contributed by atoms with Gasteiger partial charge in [-0.05, 0) is 38.5 Å². The summed E-state index contributed by atoms with van der Waals surface area (Å²) in [6.45, 7) is 5.86. The highest BCUT2D eigenvalue weighted by molar-refractivity contribution is 7.15.